The monoisotopic (exact) mass is 282 g/mol. The highest BCUT2D eigenvalue weighted by Crippen LogP contribution is 2.26. The van der Waals surface area contributed by atoms with E-state index in [1.807, 2.05) is 39.3 Å². The van der Waals surface area contributed by atoms with E-state index in [2.05, 4.69) is 0 Å². The zero-order chi connectivity index (χ0) is 13.4. The Balaban J connectivity index is 5.48. The van der Waals surface area contributed by atoms with Crippen LogP contribution in [0.3, 0.4) is 0 Å². The summed E-state index contributed by atoms with van der Waals surface area (Å²) in [7, 11) is -7.34. The minimum Gasteiger partial charge on any atom is -0.480 e. The standard InChI is InChI=1S/C9H22O4SSi2/c1-15(2,3)9(16(4,5)6)14(12,13)7-8(10)11/h9H,7H2,1-6H3,(H,10,11). The maximum absolute atomic E-state index is 12.1. The van der Waals surface area contributed by atoms with Gasteiger partial charge in [0.25, 0.3) is 0 Å². The predicted molar refractivity (Wildman–Crippen MR) is 71.9 cm³/mol. The van der Waals surface area contributed by atoms with Gasteiger partial charge in [-0.15, -0.1) is 0 Å². The van der Waals surface area contributed by atoms with Gasteiger partial charge in [0.1, 0.15) is 5.75 Å². The van der Waals surface area contributed by atoms with Crippen molar-refractivity contribution in [3.05, 3.63) is 0 Å². The zero-order valence-electron chi connectivity index (χ0n) is 10.9. The lowest BCUT2D eigenvalue weighted by molar-refractivity contribution is -0.134. The largest absolute Gasteiger partial charge is 0.480 e. The molecule has 0 fully saturated rings. The molecule has 0 amide bonds. The molecule has 96 valence electrons. The predicted octanol–water partition coefficient (Wildman–Crippen LogP) is 1.61. The normalized spacial score (nSPS) is 14.2. The van der Waals surface area contributed by atoms with E-state index < -0.39 is 42.2 Å². The minimum atomic E-state index is -3.51. The second-order valence-corrected chi connectivity index (χ2v) is 20.4. The fourth-order valence-corrected chi connectivity index (χ4v) is 22.7. The van der Waals surface area contributed by atoms with Crippen LogP contribution in [-0.4, -0.2) is 45.9 Å². The van der Waals surface area contributed by atoms with Crippen LogP contribution in [0.25, 0.3) is 0 Å². The van der Waals surface area contributed by atoms with Crippen molar-refractivity contribution in [2.45, 2.75) is 43.8 Å². The number of rotatable bonds is 5. The van der Waals surface area contributed by atoms with Crippen LogP contribution in [0.5, 0.6) is 0 Å². The smallest absolute Gasteiger partial charge is 0.318 e. The average Bonchev–Trinajstić information content (AvgIpc) is 1.70. The van der Waals surface area contributed by atoms with Crippen LogP contribution in [0.15, 0.2) is 0 Å². The maximum Gasteiger partial charge on any atom is 0.318 e. The van der Waals surface area contributed by atoms with Gasteiger partial charge >= 0.3 is 5.97 Å². The molecule has 0 unspecified atom stereocenters. The first-order valence-corrected chi connectivity index (χ1v) is 14.1. The van der Waals surface area contributed by atoms with Crippen LogP contribution >= 0.6 is 0 Å². The number of sulfone groups is 1. The lowest BCUT2D eigenvalue weighted by atomic mass is 10.8. The van der Waals surface area contributed by atoms with Crippen molar-refractivity contribution in [2.24, 2.45) is 0 Å². The molecule has 0 spiro atoms. The lowest BCUT2D eigenvalue weighted by Crippen LogP contribution is -2.59. The topological polar surface area (TPSA) is 71.4 Å². The van der Waals surface area contributed by atoms with E-state index >= 15 is 0 Å². The molecule has 0 aliphatic rings. The average molecular weight is 283 g/mol. The van der Waals surface area contributed by atoms with Crippen LogP contribution in [0.1, 0.15) is 0 Å². The minimum absolute atomic E-state index is 0.399. The summed E-state index contributed by atoms with van der Waals surface area (Å²) in [6.45, 7) is 12.0. The molecule has 0 atom stereocenters. The number of carboxylic acid groups (broad SMARTS) is 1. The van der Waals surface area contributed by atoms with Gasteiger partial charge in [0.05, 0.1) is 16.1 Å². The van der Waals surface area contributed by atoms with Crippen LogP contribution in [0, 0.1) is 0 Å². The van der Waals surface area contributed by atoms with Gasteiger partial charge < -0.3 is 5.11 Å². The number of aliphatic carboxylic acids is 1. The molecule has 1 N–H and O–H groups in total. The molecular formula is C9H22O4SSi2. The molecular weight excluding hydrogens is 260 g/mol. The first kappa shape index (κ1) is 15.9. The lowest BCUT2D eigenvalue weighted by Gasteiger charge is -2.37. The van der Waals surface area contributed by atoms with Gasteiger partial charge in [-0.3, -0.25) is 4.79 Å². The van der Waals surface area contributed by atoms with Crippen LogP contribution in [-0.2, 0) is 14.6 Å². The fourth-order valence-electron chi connectivity index (χ4n) is 2.63. The van der Waals surface area contributed by atoms with E-state index in [4.69, 9.17) is 5.11 Å². The van der Waals surface area contributed by atoms with E-state index in [0.29, 0.717) is 0 Å². The van der Waals surface area contributed by atoms with Crippen molar-refractivity contribution in [3.8, 4) is 0 Å². The van der Waals surface area contributed by atoms with Crippen molar-refractivity contribution in [1.29, 1.82) is 0 Å². The summed E-state index contributed by atoms with van der Waals surface area (Å²) in [4.78, 5) is 10.6. The molecule has 0 aromatic heterocycles. The number of hydrogen-bond acceptors (Lipinski definition) is 3. The van der Waals surface area contributed by atoms with Crippen molar-refractivity contribution < 1.29 is 18.3 Å². The van der Waals surface area contributed by atoms with Crippen LogP contribution < -0.4 is 0 Å². The molecule has 0 aliphatic carbocycles. The first-order chi connectivity index (χ1) is 6.78. The quantitative estimate of drug-likeness (QED) is 0.778. The van der Waals surface area contributed by atoms with E-state index in [-0.39, 0.29) is 0 Å². The second kappa shape index (κ2) is 4.62. The Morgan fingerprint density at radius 3 is 1.56 bits per heavy atom. The Labute approximate surface area is 100 Å². The third-order valence-corrected chi connectivity index (χ3v) is 18.4. The Hall–Kier alpha value is -0.146. The third kappa shape index (κ3) is 4.38. The summed E-state index contributed by atoms with van der Waals surface area (Å²) >= 11 is 0. The van der Waals surface area contributed by atoms with Crippen molar-refractivity contribution in [3.63, 3.8) is 0 Å². The van der Waals surface area contributed by atoms with Gasteiger partial charge in [-0.1, -0.05) is 39.3 Å². The summed E-state index contributed by atoms with van der Waals surface area (Å²) in [5.74, 6) is -1.98. The van der Waals surface area contributed by atoms with Crippen LogP contribution in [0.4, 0.5) is 0 Å². The molecule has 0 aromatic carbocycles. The number of carbonyl (C=O) groups is 1. The van der Waals surface area contributed by atoms with Gasteiger partial charge in [-0.2, -0.15) is 0 Å². The van der Waals surface area contributed by atoms with Gasteiger partial charge in [-0.25, -0.2) is 8.42 Å². The molecule has 0 saturated heterocycles. The van der Waals surface area contributed by atoms with Gasteiger partial charge in [0.15, 0.2) is 9.84 Å². The Morgan fingerprint density at radius 1 is 1.06 bits per heavy atom. The third-order valence-electron chi connectivity index (χ3n) is 2.26. The summed E-state index contributed by atoms with van der Waals surface area (Å²) in [5.41, 5.74) is 0. The fraction of sp³-hybridized carbons (Fsp3) is 0.889. The molecule has 0 heterocycles. The number of hydrogen-bond donors (Lipinski definition) is 1. The first-order valence-electron chi connectivity index (χ1n) is 5.22. The Morgan fingerprint density at radius 2 is 1.38 bits per heavy atom. The molecule has 0 saturated carbocycles. The Kier molecular flexibility index (Phi) is 4.57. The summed E-state index contributed by atoms with van der Waals surface area (Å²) in [6, 6.07) is 0. The second-order valence-electron chi connectivity index (χ2n) is 6.31. The molecule has 7 heteroatoms. The summed E-state index contributed by atoms with van der Waals surface area (Å²) in [6.07, 6.45) is 0. The van der Waals surface area contributed by atoms with Crippen LogP contribution in [0.2, 0.25) is 39.3 Å². The molecule has 4 nitrogen and oxygen atoms in total. The molecule has 0 aliphatic heterocycles. The van der Waals surface area contributed by atoms with E-state index in [0.717, 1.165) is 0 Å². The number of carboxylic acids is 1. The van der Waals surface area contributed by atoms with Gasteiger partial charge in [-0.05, 0) is 0 Å². The Bertz CT molecular complexity index is 348. The highest BCUT2D eigenvalue weighted by Gasteiger charge is 2.46. The van der Waals surface area contributed by atoms with E-state index in [9.17, 15) is 13.2 Å². The molecule has 0 bridgehead atoms. The molecule has 0 radical (unpaired) electrons. The summed E-state index contributed by atoms with van der Waals surface area (Å²) in [5, 5.41) is 8.68. The summed E-state index contributed by atoms with van der Waals surface area (Å²) < 4.78 is 23.8. The molecule has 0 aromatic rings. The maximum atomic E-state index is 12.1. The molecule has 16 heavy (non-hydrogen) atoms. The highest BCUT2D eigenvalue weighted by atomic mass is 32.2. The van der Waals surface area contributed by atoms with E-state index in [1.54, 1.807) is 0 Å². The van der Waals surface area contributed by atoms with E-state index in [1.165, 1.54) is 0 Å². The SMILES string of the molecule is C[Si](C)(C)C([Si](C)(C)C)S(=O)(=O)CC(=O)O. The zero-order valence-corrected chi connectivity index (χ0v) is 13.7. The van der Waals surface area contributed by atoms with Crippen molar-refractivity contribution >= 4 is 32.0 Å². The molecule has 0 rings (SSSR count). The highest BCUT2D eigenvalue weighted by molar-refractivity contribution is 7.96. The van der Waals surface area contributed by atoms with Gasteiger partial charge in [0, 0.05) is 4.50 Å². The van der Waals surface area contributed by atoms with Crippen molar-refractivity contribution in [2.75, 3.05) is 5.75 Å². The van der Waals surface area contributed by atoms with Crippen molar-refractivity contribution in [1.82, 2.24) is 0 Å². The van der Waals surface area contributed by atoms with Gasteiger partial charge in [0.2, 0.25) is 0 Å².